The summed E-state index contributed by atoms with van der Waals surface area (Å²) in [6.07, 6.45) is 2.99. The second-order valence-electron chi connectivity index (χ2n) is 5.31. The molecule has 0 aromatic heterocycles. The molecule has 0 saturated heterocycles. The molecular formula is C13H23N3O4. The first-order chi connectivity index (χ1) is 9.31. The maximum Gasteiger partial charge on any atom is 0.334 e. The number of nitrogens with two attached hydrogens (primary N) is 2. The van der Waals surface area contributed by atoms with Crippen LogP contribution >= 0.6 is 0 Å². The fourth-order valence-electron chi connectivity index (χ4n) is 2.49. The van der Waals surface area contributed by atoms with E-state index in [0.29, 0.717) is 6.42 Å². The van der Waals surface area contributed by atoms with Crippen molar-refractivity contribution in [2.24, 2.45) is 17.4 Å². The molecule has 0 aliphatic heterocycles. The van der Waals surface area contributed by atoms with Gasteiger partial charge in [-0.3, -0.25) is 4.79 Å². The number of rotatable bonds is 5. The Morgan fingerprint density at radius 2 is 2.10 bits per heavy atom. The second-order valence-corrected chi connectivity index (χ2v) is 5.31. The first-order valence-corrected chi connectivity index (χ1v) is 6.88. The normalized spacial score (nSPS) is 26.9. The van der Waals surface area contributed by atoms with Crippen molar-refractivity contribution in [1.29, 1.82) is 0 Å². The average molecular weight is 285 g/mol. The second kappa shape index (κ2) is 6.81. The molecule has 7 nitrogen and oxygen atoms in total. The van der Waals surface area contributed by atoms with Gasteiger partial charge in [0.05, 0.1) is 6.04 Å². The molecule has 2 unspecified atom stereocenters. The molecule has 0 heterocycles. The van der Waals surface area contributed by atoms with E-state index in [1.807, 2.05) is 6.92 Å². The van der Waals surface area contributed by atoms with Crippen molar-refractivity contribution in [2.75, 3.05) is 6.54 Å². The van der Waals surface area contributed by atoms with Crippen molar-refractivity contribution in [1.82, 2.24) is 5.32 Å². The van der Waals surface area contributed by atoms with Crippen LogP contribution in [0.2, 0.25) is 0 Å². The quantitative estimate of drug-likeness (QED) is 0.459. The molecule has 0 aromatic carbocycles. The number of carbonyl (C=O) groups excluding carboxylic acids is 3. The molecule has 0 radical (unpaired) electrons. The molecule has 0 aromatic rings. The largest absolute Gasteiger partial charge is 0.390 e. The highest BCUT2D eigenvalue weighted by atomic mass is 16.6. The number of esters is 2. The Balaban J connectivity index is 2.49. The third-order valence-electron chi connectivity index (χ3n) is 3.77. The minimum atomic E-state index is -1.09. The molecule has 3 atom stereocenters. The molecule has 0 spiro atoms. The van der Waals surface area contributed by atoms with Gasteiger partial charge in [-0.05, 0) is 25.7 Å². The van der Waals surface area contributed by atoms with Crippen LogP contribution < -0.4 is 16.8 Å². The third-order valence-corrected chi connectivity index (χ3v) is 3.77. The van der Waals surface area contributed by atoms with E-state index in [2.05, 4.69) is 5.32 Å². The summed E-state index contributed by atoms with van der Waals surface area (Å²) in [7, 11) is 0. The van der Waals surface area contributed by atoms with Crippen LogP contribution in [0.15, 0.2) is 0 Å². The Bertz CT molecular complexity index is 397. The van der Waals surface area contributed by atoms with E-state index in [4.69, 9.17) is 16.2 Å². The maximum atomic E-state index is 12.0. The number of hydrogen-bond acceptors (Lipinski definition) is 6. The number of amides is 1. The maximum absolute atomic E-state index is 12.0. The summed E-state index contributed by atoms with van der Waals surface area (Å²) in [5.41, 5.74) is 10.3. The van der Waals surface area contributed by atoms with E-state index in [-0.39, 0.29) is 12.5 Å². The fourth-order valence-corrected chi connectivity index (χ4v) is 2.49. The van der Waals surface area contributed by atoms with Gasteiger partial charge in [-0.25, -0.2) is 9.59 Å². The fraction of sp³-hybridized carbons (Fsp3) is 0.769. The van der Waals surface area contributed by atoms with Crippen LogP contribution in [0.5, 0.6) is 0 Å². The molecule has 20 heavy (non-hydrogen) atoms. The van der Waals surface area contributed by atoms with Crippen molar-refractivity contribution < 1.29 is 19.1 Å². The Morgan fingerprint density at radius 3 is 2.65 bits per heavy atom. The molecule has 114 valence electrons. The minimum absolute atomic E-state index is 0.0291. The summed E-state index contributed by atoms with van der Waals surface area (Å²) in [6.45, 7) is 3.06. The number of carbonyl (C=O) groups is 3. The Hall–Kier alpha value is -1.47. The van der Waals surface area contributed by atoms with E-state index < -0.39 is 29.4 Å². The van der Waals surface area contributed by atoms with Crippen LogP contribution in [0.3, 0.4) is 0 Å². The van der Waals surface area contributed by atoms with Crippen LogP contribution in [-0.2, 0) is 19.1 Å². The van der Waals surface area contributed by atoms with Crippen molar-refractivity contribution in [3.63, 3.8) is 0 Å². The van der Waals surface area contributed by atoms with Gasteiger partial charge in [-0.2, -0.15) is 0 Å². The van der Waals surface area contributed by atoms with E-state index in [9.17, 15) is 14.4 Å². The van der Waals surface area contributed by atoms with Gasteiger partial charge in [0.2, 0.25) is 5.91 Å². The summed E-state index contributed by atoms with van der Waals surface area (Å²) < 4.78 is 4.74. The molecule has 1 rings (SSSR count). The van der Waals surface area contributed by atoms with Crippen LogP contribution in [0.25, 0.3) is 0 Å². The lowest BCUT2D eigenvalue weighted by molar-refractivity contribution is -0.164. The molecular weight excluding hydrogens is 262 g/mol. The Kier molecular flexibility index (Phi) is 5.64. The lowest BCUT2D eigenvalue weighted by Gasteiger charge is -2.27. The molecule has 1 saturated carbocycles. The van der Waals surface area contributed by atoms with E-state index in [1.54, 1.807) is 0 Å². The summed E-state index contributed by atoms with van der Waals surface area (Å²) in [6, 6.07) is -0.723. The molecule has 1 amide bonds. The zero-order valence-electron chi connectivity index (χ0n) is 12.0. The molecule has 1 aliphatic rings. The van der Waals surface area contributed by atoms with E-state index >= 15 is 0 Å². The van der Waals surface area contributed by atoms with Crippen molar-refractivity contribution in [2.45, 2.75) is 51.1 Å². The van der Waals surface area contributed by atoms with Gasteiger partial charge in [0, 0.05) is 0 Å². The van der Waals surface area contributed by atoms with Crippen molar-refractivity contribution in [3.8, 4) is 0 Å². The van der Waals surface area contributed by atoms with Crippen molar-refractivity contribution in [3.05, 3.63) is 0 Å². The smallest absolute Gasteiger partial charge is 0.334 e. The minimum Gasteiger partial charge on any atom is -0.390 e. The van der Waals surface area contributed by atoms with Crippen LogP contribution in [0.4, 0.5) is 0 Å². The topological polar surface area (TPSA) is 125 Å². The zero-order valence-corrected chi connectivity index (χ0v) is 12.0. The molecule has 5 N–H and O–H groups in total. The van der Waals surface area contributed by atoms with Gasteiger partial charge < -0.3 is 21.5 Å². The summed E-state index contributed by atoms with van der Waals surface area (Å²) >= 11 is 0. The predicted octanol–water partition coefficient (Wildman–Crippen LogP) is -0.573. The Morgan fingerprint density at radius 1 is 1.45 bits per heavy atom. The standard InChI is InChI=1S/C13H23N3O4/c1-3-9-5-4-6-13(9,15)12(19)20-10(17)7-16-11(18)8(2)14/h8-9H,3-7,14-15H2,1-2H3,(H,16,18)/t8-,9?,13?/m0/s1. The highest BCUT2D eigenvalue weighted by Gasteiger charge is 2.46. The zero-order chi connectivity index (χ0) is 15.3. The van der Waals surface area contributed by atoms with Crippen molar-refractivity contribution >= 4 is 17.8 Å². The highest BCUT2D eigenvalue weighted by molar-refractivity contribution is 5.93. The summed E-state index contributed by atoms with van der Waals surface area (Å²) in [5, 5.41) is 2.28. The van der Waals surface area contributed by atoms with Gasteiger partial charge in [-0.15, -0.1) is 0 Å². The summed E-state index contributed by atoms with van der Waals surface area (Å²) in [5.74, 6) is -1.98. The first kappa shape index (κ1) is 16.6. The number of nitrogens with one attached hydrogen (secondary N) is 1. The summed E-state index contributed by atoms with van der Waals surface area (Å²) in [4.78, 5) is 34.7. The predicted molar refractivity (Wildman–Crippen MR) is 72.3 cm³/mol. The van der Waals surface area contributed by atoms with E-state index in [0.717, 1.165) is 19.3 Å². The van der Waals surface area contributed by atoms with E-state index in [1.165, 1.54) is 6.92 Å². The molecule has 1 fully saturated rings. The monoisotopic (exact) mass is 285 g/mol. The van der Waals surface area contributed by atoms with Gasteiger partial charge in [0.25, 0.3) is 0 Å². The first-order valence-electron chi connectivity index (χ1n) is 6.88. The molecule has 7 heteroatoms. The van der Waals surface area contributed by atoms with Crippen LogP contribution in [0.1, 0.15) is 39.5 Å². The SMILES string of the molecule is CCC1CCCC1(N)C(=O)OC(=O)CNC(=O)[C@H](C)N. The van der Waals surface area contributed by atoms with Crippen LogP contribution in [-0.4, -0.2) is 36.0 Å². The average Bonchev–Trinajstić information content (AvgIpc) is 2.78. The highest BCUT2D eigenvalue weighted by Crippen LogP contribution is 2.36. The third kappa shape index (κ3) is 3.77. The van der Waals surface area contributed by atoms with Gasteiger partial charge in [0.15, 0.2) is 0 Å². The lowest BCUT2D eigenvalue weighted by atomic mass is 9.86. The van der Waals surface area contributed by atoms with Gasteiger partial charge in [-0.1, -0.05) is 19.8 Å². The Labute approximate surface area is 118 Å². The number of hydrogen-bond donors (Lipinski definition) is 3. The van der Waals surface area contributed by atoms with Crippen LogP contribution in [0, 0.1) is 5.92 Å². The molecule has 0 bridgehead atoms. The lowest BCUT2D eigenvalue weighted by Crippen LogP contribution is -2.53. The molecule has 1 aliphatic carbocycles. The number of ether oxygens (including phenoxy) is 1. The van der Waals surface area contributed by atoms with Gasteiger partial charge >= 0.3 is 11.9 Å². The van der Waals surface area contributed by atoms with Gasteiger partial charge in [0.1, 0.15) is 12.1 Å².